The van der Waals surface area contributed by atoms with Gasteiger partial charge in [-0.25, -0.2) is 9.65 Å². The summed E-state index contributed by atoms with van der Waals surface area (Å²) in [5.74, 6) is 0.00264. The fourth-order valence-corrected chi connectivity index (χ4v) is 2.45. The number of halogens is 3. The van der Waals surface area contributed by atoms with Crippen molar-refractivity contribution in [2.75, 3.05) is 6.54 Å². The first kappa shape index (κ1) is 14.1. The molecule has 2 N–H and O–H groups in total. The van der Waals surface area contributed by atoms with E-state index in [2.05, 4.69) is 5.09 Å². The minimum absolute atomic E-state index is 0.00264. The van der Waals surface area contributed by atoms with Gasteiger partial charge in [-0.05, 0) is 6.07 Å². The molecular weight excluding hydrogens is 295 g/mol. The van der Waals surface area contributed by atoms with Crippen molar-refractivity contribution in [2.24, 2.45) is 0 Å². The largest absolute Gasteiger partial charge is 0.456 e. The Morgan fingerprint density at radius 1 is 1.31 bits per heavy atom. The molecule has 0 bridgehead atoms. The van der Waals surface area contributed by atoms with Crippen LogP contribution < -0.4 is 9.61 Å². The molecule has 0 heterocycles. The van der Waals surface area contributed by atoms with Gasteiger partial charge in [0.05, 0.1) is 15.1 Å². The maximum atomic E-state index is 11.4. The number of rotatable bonds is 4. The van der Waals surface area contributed by atoms with Crippen LogP contribution in [0.15, 0.2) is 12.1 Å². The molecule has 0 aromatic heterocycles. The predicted molar refractivity (Wildman–Crippen MR) is 65.6 cm³/mol. The highest BCUT2D eigenvalue weighted by atomic mass is 35.5. The Morgan fingerprint density at radius 3 is 2.44 bits per heavy atom. The van der Waals surface area contributed by atoms with Crippen molar-refractivity contribution in [1.29, 1.82) is 0 Å². The van der Waals surface area contributed by atoms with E-state index < -0.39 is 7.75 Å². The molecule has 0 saturated carbocycles. The Bertz CT molecular complexity index is 441. The fraction of sp³-hybridized carbons (Fsp3) is 0.250. The molecule has 0 saturated heterocycles. The molecule has 0 aliphatic heterocycles. The Balaban J connectivity index is 2.98. The van der Waals surface area contributed by atoms with Gasteiger partial charge >= 0.3 is 7.75 Å². The van der Waals surface area contributed by atoms with Crippen LogP contribution in [0.5, 0.6) is 5.75 Å². The summed E-state index contributed by atoms with van der Waals surface area (Å²) in [6.07, 6.45) is 0. The first-order valence-electron chi connectivity index (χ1n) is 4.28. The average Bonchev–Trinajstić information content (AvgIpc) is 2.13. The second-order valence-corrected chi connectivity index (χ2v) is 5.58. The molecule has 1 aromatic carbocycles. The first-order valence-corrected chi connectivity index (χ1v) is 6.99. The molecule has 1 atom stereocenters. The highest BCUT2D eigenvalue weighted by Gasteiger charge is 2.21. The first-order chi connectivity index (χ1) is 7.35. The lowest BCUT2D eigenvalue weighted by atomic mass is 10.3. The van der Waals surface area contributed by atoms with Gasteiger partial charge < -0.3 is 9.42 Å². The molecule has 1 unspecified atom stereocenters. The lowest BCUT2D eigenvalue weighted by Crippen LogP contribution is -2.13. The Kier molecular flexibility index (Phi) is 4.92. The smallest absolute Gasteiger partial charge is 0.412 e. The SMILES string of the molecule is CCNP(=O)(O)Oc1cc(Cl)c(Cl)cc1Cl. The van der Waals surface area contributed by atoms with Crippen LogP contribution in [0.4, 0.5) is 0 Å². The Labute approximate surface area is 108 Å². The molecule has 1 rings (SSSR count). The van der Waals surface area contributed by atoms with E-state index in [0.717, 1.165) is 0 Å². The molecule has 0 amide bonds. The van der Waals surface area contributed by atoms with E-state index in [4.69, 9.17) is 39.3 Å². The zero-order valence-electron chi connectivity index (χ0n) is 8.21. The van der Waals surface area contributed by atoms with Crippen LogP contribution >= 0.6 is 42.5 Å². The molecule has 0 fully saturated rings. The van der Waals surface area contributed by atoms with E-state index >= 15 is 0 Å². The van der Waals surface area contributed by atoms with Crippen LogP contribution in [0.2, 0.25) is 15.1 Å². The summed E-state index contributed by atoms with van der Waals surface area (Å²) in [4.78, 5) is 9.34. The van der Waals surface area contributed by atoms with Gasteiger partial charge in [0.2, 0.25) is 0 Å². The van der Waals surface area contributed by atoms with E-state index in [9.17, 15) is 9.46 Å². The molecule has 0 aliphatic rings. The molecule has 4 nitrogen and oxygen atoms in total. The third-order valence-electron chi connectivity index (χ3n) is 1.55. The summed E-state index contributed by atoms with van der Waals surface area (Å²) >= 11 is 17.2. The van der Waals surface area contributed by atoms with Gasteiger partial charge in [-0.3, -0.25) is 0 Å². The Hall–Kier alpha value is 0.0400. The molecule has 90 valence electrons. The maximum Gasteiger partial charge on any atom is 0.456 e. The van der Waals surface area contributed by atoms with Crippen molar-refractivity contribution < 1.29 is 14.0 Å². The zero-order valence-corrected chi connectivity index (χ0v) is 11.4. The lowest BCUT2D eigenvalue weighted by molar-refractivity contribution is 0.366. The molecule has 0 spiro atoms. The van der Waals surface area contributed by atoms with Crippen molar-refractivity contribution in [3.05, 3.63) is 27.2 Å². The summed E-state index contributed by atoms with van der Waals surface area (Å²) in [5, 5.41) is 2.84. The highest BCUT2D eigenvalue weighted by Crippen LogP contribution is 2.43. The van der Waals surface area contributed by atoms with E-state index in [1.54, 1.807) is 6.92 Å². The van der Waals surface area contributed by atoms with Crippen molar-refractivity contribution in [2.45, 2.75) is 6.92 Å². The van der Waals surface area contributed by atoms with Crippen molar-refractivity contribution >= 4 is 42.5 Å². The van der Waals surface area contributed by atoms with Crippen LogP contribution in [0.1, 0.15) is 6.92 Å². The van der Waals surface area contributed by atoms with Gasteiger partial charge in [-0.2, -0.15) is 0 Å². The van der Waals surface area contributed by atoms with Gasteiger partial charge in [0.15, 0.2) is 5.75 Å². The Morgan fingerprint density at radius 2 is 1.88 bits per heavy atom. The van der Waals surface area contributed by atoms with Crippen LogP contribution in [-0.2, 0) is 4.57 Å². The number of hydrogen-bond donors (Lipinski definition) is 2. The van der Waals surface area contributed by atoms with Crippen LogP contribution in [0.25, 0.3) is 0 Å². The number of hydrogen-bond acceptors (Lipinski definition) is 2. The molecule has 0 radical (unpaired) electrons. The standard InChI is InChI=1S/C8H9Cl3NO3P/c1-2-12-16(13,14)15-8-4-6(10)5(9)3-7(8)11/h3-4H,2H2,1H3,(H2,12,13,14). The summed E-state index contributed by atoms with van der Waals surface area (Å²) in [7, 11) is -3.91. The highest BCUT2D eigenvalue weighted by molar-refractivity contribution is 7.51. The molecule has 16 heavy (non-hydrogen) atoms. The van der Waals surface area contributed by atoms with Crippen LogP contribution in [0.3, 0.4) is 0 Å². The van der Waals surface area contributed by atoms with Gasteiger partial charge in [-0.15, -0.1) is 0 Å². The molecule has 8 heteroatoms. The number of nitrogens with one attached hydrogen (secondary N) is 1. The predicted octanol–water partition coefficient (Wildman–Crippen LogP) is 3.74. The van der Waals surface area contributed by atoms with Crippen molar-refractivity contribution in [3.8, 4) is 5.75 Å². The summed E-state index contributed by atoms with van der Waals surface area (Å²) in [6, 6.07) is 2.62. The van der Waals surface area contributed by atoms with Gasteiger partial charge in [0.1, 0.15) is 0 Å². The summed E-state index contributed by atoms with van der Waals surface area (Å²) < 4.78 is 16.3. The average molecular weight is 304 g/mol. The molecule has 0 aliphatic carbocycles. The quantitative estimate of drug-likeness (QED) is 0.657. The third kappa shape index (κ3) is 3.81. The minimum atomic E-state index is -3.91. The summed E-state index contributed by atoms with van der Waals surface area (Å²) in [6.45, 7) is 1.95. The monoisotopic (exact) mass is 303 g/mol. The zero-order chi connectivity index (χ0) is 12.3. The van der Waals surface area contributed by atoms with E-state index in [-0.39, 0.29) is 27.4 Å². The van der Waals surface area contributed by atoms with Gasteiger partial charge in [0.25, 0.3) is 0 Å². The van der Waals surface area contributed by atoms with Crippen molar-refractivity contribution in [1.82, 2.24) is 5.09 Å². The van der Waals surface area contributed by atoms with Crippen molar-refractivity contribution in [3.63, 3.8) is 0 Å². The number of benzene rings is 1. The van der Waals surface area contributed by atoms with Gasteiger partial charge in [0, 0.05) is 12.6 Å². The normalized spacial score (nSPS) is 14.6. The second-order valence-electron chi connectivity index (χ2n) is 2.82. The van der Waals surface area contributed by atoms with E-state index in [1.165, 1.54) is 12.1 Å². The fourth-order valence-electron chi connectivity index (χ4n) is 0.940. The lowest BCUT2D eigenvalue weighted by Gasteiger charge is -2.14. The molecular formula is C8H9Cl3NO3P. The topological polar surface area (TPSA) is 58.6 Å². The van der Waals surface area contributed by atoms with Crippen LogP contribution in [-0.4, -0.2) is 11.4 Å². The van der Waals surface area contributed by atoms with E-state index in [1.807, 2.05) is 0 Å². The summed E-state index contributed by atoms with van der Waals surface area (Å²) in [5.41, 5.74) is 0. The van der Waals surface area contributed by atoms with Gasteiger partial charge in [-0.1, -0.05) is 41.7 Å². The van der Waals surface area contributed by atoms with E-state index in [0.29, 0.717) is 0 Å². The minimum Gasteiger partial charge on any atom is -0.412 e. The molecule has 1 aromatic rings. The maximum absolute atomic E-state index is 11.4. The second kappa shape index (κ2) is 5.58. The third-order valence-corrected chi connectivity index (χ3v) is 3.73. The van der Waals surface area contributed by atoms with Crippen LogP contribution in [0, 0.1) is 0 Å².